The molecule has 0 aliphatic carbocycles. The lowest BCUT2D eigenvalue weighted by Crippen LogP contribution is -2.08. The molecule has 7 nitrogen and oxygen atoms in total. The molecule has 0 unspecified atom stereocenters. The topological polar surface area (TPSA) is 81.8 Å². The highest BCUT2D eigenvalue weighted by atomic mass is 16.5. The van der Waals surface area contributed by atoms with Gasteiger partial charge in [-0.1, -0.05) is 12.1 Å². The number of nitrogens with zero attached hydrogens (tertiary/aromatic N) is 4. The molecule has 7 heteroatoms. The third kappa shape index (κ3) is 2.67. The molecule has 1 aliphatic heterocycles. The highest BCUT2D eigenvalue weighted by Gasteiger charge is 2.20. The van der Waals surface area contributed by atoms with Gasteiger partial charge in [-0.25, -0.2) is 9.67 Å². The maximum Gasteiger partial charge on any atom is 0.164 e. The van der Waals surface area contributed by atoms with Crippen LogP contribution in [-0.4, -0.2) is 32.3 Å². The van der Waals surface area contributed by atoms with E-state index in [4.69, 9.17) is 14.7 Å². The molecule has 2 aromatic rings. The fourth-order valence-corrected chi connectivity index (χ4v) is 2.20. The van der Waals surface area contributed by atoms with Gasteiger partial charge in [0.05, 0.1) is 0 Å². The van der Waals surface area contributed by atoms with Crippen LogP contribution in [0, 0.1) is 0 Å². The van der Waals surface area contributed by atoms with E-state index < -0.39 is 0 Å². The SMILES string of the molecule is CCCn1ncnc1COc1ccc2c(c1)OCC2=NO. The van der Waals surface area contributed by atoms with Crippen molar-refractivity contribution in [1.29, 1.82) is 0 Å². The van der Waals surface area contributed by atoms with E-state index in [0.29, 0.717) is 23.8 Å². The average Bonchev–Trinajstić information content (AvgIpc) is 3.11. The van der Waals surface area contributed by atoms with Crippen LogP contribution >= 0.6 is 0 Å². The average molecular weight is 288 g/mol. The van der Waals surface area contributed by atoms with Gasteiger partial charge in [-0.3, -0.25) is 0 Å². The zero-order valence-electron chi connectivity index (χ0n) is 11.7. The minimum absolute atomic E-state index is 0.278. The fourth-order valence-electron chi connectivity index (χ4n) is 2.20. The summed E-state index contributed by atoms with van der Waals surface area (Å²) in [7, 11) is 0. The Kier molecular flexibility index (Phi) is 3.72. The lowest BCUT2D eigenvalue weighted by atomic mass is 10.1. The molecule has 0 fully saturated rings. The molecule has 0 radical (unpaired) electrons. The number of hydrogen-bond donors (Lipinski definition) is 1. The molecule has 3 rings (SSSR count). The first-order valence-corrected chi connectivity index (χ1v) is 6.79. The maximum absolute atomic E-state index is 8.85. The van der Waals surface area contributed by atoms with Crippen molar-refractivity contribution in [3.05, 3.63) is 35.9 Å². The van der Waals surface area contributed by atoms with Crippen LogP contribution in [0.3, 0.4) is 0 Å². The minimum atomic E-state index is 0.278. The van der Waals surface area contributed by atoms with Gasteiger partial charge in [0.1, 0.15) is 36.8 Å². The van der Waals surface area contributed by atoms with E-state index in [1.165, 1.54) is 6.33 Å². The largest absolute Gasteiger partial charge is 0.486 e. The van der Waals surface area contributed by atoms with Crippen LogP contribution in [0.2, 0.25) is 0 Å². The smallest absolute Gasteiger partial charge is 0.164 e. The van der Waals surface area contributed by atoms with Crippen LogP contribution in [-0.2, 0) is 13.2 Å². The van der Waals surface area contributed by atoms with Gasteiger partial charge < -0.3 is 14.7 Å². The van der Waals surface area contributed by atoms with Crippen LogP contribution in [0.1, 0.15) is 24.7 Å². The Morgan fingerprint density at radius 3 is 3.19 bits per heavy atom. The first-order valence-electron chi connectivity index (χ1n) is 6.79. The standard InChI is InChI=1S/C14H16N4O3/c1-2-5-18-14(15-9-16-18)8-20-10-3-4-11-12(17-19)7-21-13(11)6-10/h3-4,6,9,19H,2,5,7-8H2,1H3. The van der Waals surface area contributed by atoms with Gasteiger partial charge in [-0.15, -0.1) is 0 Å². The summed E-state index contributed by atoms with van der Waals surface area (Å²) < 4.78 is 13.0. The summed E-state index contributed by atoms with van der Waals surface area (Å²) >= 11 is 0. The highest BCUT2D eigenvalue weighted by molar-refractivity contribution is 6.05. The van der Waals surface area contributed by atoms with Crippen LogP contribution in [0.25, 0.3) is 0 Å². The Morgan fingerprint density at radius 2 is 2.38 bits per heavy atom. The molecule has 1 aromatic heterocycles. The third-order valence-corrected chi connectivity index (χ3v) is 3.25. The van der Waals surface area contributed by atoms with Gasteiger partial charge in [0.2, 0.25) is 0 Å². The lowest BCUT2D eigenvalue weighted by Gasteiger charge is -2.08. The van der Waals surface area contributed by atoms with Crippen LogP contribution < -0.4 is 9.47 Å². The normalized spacial score (nSPS) is 15.0. The molecule has 1 N–H and O–H groups in total. The molecule has 0 amide bonds. The summed E-state index contributed by atoms with van der Waals surface area (Å²) in [6.45, 7) is 3.53. The van der Waals surface area contributed by atoms with Crippen molar-refractivity contribution < 1.29 is 14.7 Å². The van der Waals surface area contributed by atoms with Gasteiger partial charge >= 0.3 is 0 Å². The number of rotatable bonds is 5. The van der Waals surface area contributed by atoms with Crippen molar-refractivity contribution in [1.82, 2.24) is 14.8 Å². The summed E-state index contributed by atoms with van der Waals surface area (Å²) in [5.41, 5.74) is 1.32. The second-order valence-corrected chi connectivity index (χ2v) is 4.68. The monoisotopic (exact) mass is 288 g/mol. The summed E-state index contributed by atoms with van der Waals surface area (Å²) in [4.78, 5) is 4.19. The van der Waals surface area contributed by atoms with Gasteiger partial charge in [0.15, 0.2) is 5.82 Å². The summed E-state index contributed by atoms with van der Waals surface area (Å²) in [5, 5.41) is 16.2. The third-order valence-electron chi connectivity index (χ3n) is 3.25. The number of oxime groups is 1. The molecule has 21 heavy (non-hydrogen) atoms. The summed E-state index contributed by atoms with van der Waals surface area (Å²) in [6.07, 6.45) is 2.52. The summed E-state index contributed by atoms with van der Waals surface area (Å²) in [5.74, 6) is 2.13. The Hall–Kier alpha value is -2.57. The molecule has 0 saturated carbocycles. The van der Waals surface area contributed by atoms with Gasteiger partial charge in [-0.05, 0) is 18.6 Å². The molecule has 0 saturated heterocycles. The Morgan fingerprint density at radius 1 is 1.48 bits per heavy atom. The van der Waals surface area contributed by atoms with Crippen LogP contribution in [0.5, 0.6) is 11.5 Å². The van der Waals surface area contributed by atoms with E-state index in [1.807, 2.05) is 16.8 Å². The Bertz CT molecular complexity index is 666. The van der Waals surface area contributed by atoms with Crippen molar-refractivity contribution in [3.63, 3.8) is 0 Å². The number of fused-ring (bicyclic) bond motifs is 1. The van der Waals surface area contributed by atoms with E-state index >= 15 is 0 Å². The number of aryl methyl sites for hydroxylation is 1. The second kappa shape index (κ2) is 5.82. The second-order valence-electron chi connectivity index (χ2n) is 4.68. The number of hydrogen-bond acceptors (Lipinski definition) is 6. The van der Waals surface area contributed by atoms with E-state index in [0.717, 1.165) is 24.4 Å². The maximum atomic E-state index is 8.85. The number of aromatic nitrogens is 3. The zero-order chi connectivity index (χ0) is 14.7. The Labute approximate surface area is 121 Å². The van der Waals surface area contributed by atoms with Crippen molar-refractivity contribution in [2.24, 2.45) is 5.16 Å². The molecule has 2 heterocycles. The minimum Gasteiger partial charge on any atom is -0.486 e. The van der Waals surface area contributed by atoms with Gasteiger partial charge in [-0.2, -0.15) is 5.10 Å². The fraction of sp³-hybridized carbons (Fsp3) is 0.357. The van der Waals surface area contributed by atoms with Crippen LogP contribution in [0.4, 0.5) is 0 Å². The molecule has 1 aliphatic rings. The molecular formula is C14H16N4O3. The number of ether oxygens (including phenoxy) is 2. The quantitative estimate of drug-likeness (QED) is 0.670. The molecule has 0 atom stereocenters. The Balaban J connectivity index is 1.70. The van der Waals surface area contributed by atoms with E-state index in [1.54, 1.807) is 6.07 Å². The van der Waals surface area contributed by atoms with Crippen molar-refractivity contribution in [2.45, 2.75) is 26.5 Å². The predicted octanol–water partition coefficient (Wildman–Crippen LogP) is 1.84. The zero-order valence-corrected chi connectivity index (χ0v) is 11.7. The van der Waals surface area contributed by atoms with Gasteiger partial charge in [0, 0.05) is 18.2 Å². The van der Waals surface area contributed by atoms with Crippen molar-refractivity contribution in [3.8, 4) is 11.5 Å². The van der Waals surface area contributed by atoms with E-state index in [2.05, 4.69) is 22.2 Å². The highest BCUT2D eigenvalue weighted by Crippen LogP contribution is 2.30. The first-order chi connectivity index (χ1) is 10.3. The van der Waals surface area contributed by atoms with E-state index in [-0.39, 0.29) is 6.61 Å². The summed E-state index contributed by atoms with van der Waals surface area (Å²) in [6, 6.07) is 5.43. The first kappa shape index (κ1) is 13.4. The van der Waals surface area contributed by atoms with Crippen molar-refractivity contribution >= 4 is 5.71 Å². The molecular weight excluding hydrogens is 272 g/mol. The van der Waals surface area contributed by atoms with Gasteiger partial charge in [0.25, 0.3) is 0 Å². The molecule has 0 bridgehead atoms. The predicted molar refractivity (Wildman–Crippen MR) is 74.9 cm³/mol. The lowest BCUT2D eigenvalue weighted by molar-refractivity contribution is 0.284. The van der Waals surface area contributed by atoms with Crippen molar-refractivity contribution in [2.75, 3.05) is 6.61 Å². The number of benzene rings is 1. The molecule has 1 aromatic carbocycles. The molecule has 110 valence electrons. The van der Waals surface area contributed by atoms with Crippen LogP contribution in [0.15, 0.2) is 29.7 Å². The van der Waals surface area contributed by atoms with E-state index in [9.17, 15) is 0 Å². The molecule has 0 spiro atoms.